The maximum absolute atomic E-state index is 15.0. The Labute approximate surface area is 213 Å². The van der Waals surface area contributed by atoms with Gasteiger partial charge in [-0.05, 0) is 77.3 Å². The third kappa shape index (κ3) is 6.45. The highest BCUT2D eigenvalue weighted by atomic mass is 19.1. The fourth-order valence-corrected chi connectivity index (χ4v) is 5.17. The van der Waals surface area contributed by atoms with Crippen molar-refractivity contribution in [3.8, 4) is 22.6 Å². The predicted molar refractivity (Wildman–Crippen MR) is 140 cm³/mol. The Hall–Kier alpha value is -3.34. The number of hydrogen-bond acceptors (Lipinski definition) is 3. The molecule has 1 saturated carbocycles. The van der Waals surface area contributed by atoms with Crippen LogP contribution < -0.4 is 9.47 Å². The first-order chi connectivity index (χ1) is 17.4. The summed E-state index contributed by atoms with van der Waals surface area (Å²) in [5.74, 6) is 0.582. The lowest BCUT2D eigenvalue weighted by Gasteiger charge is -2.21. The van der Waals surface area contributed by atoms with Crippen molar-refractivity contribution in [3.63, 3.8) is 0 Å². The molecule has 1 aliphatic carbocycles. The van der Waals surface area contributed by atoms with Gasteiger partial charge in [0.2, 0.25) is 0 Å². The third-order valence-electron chi connectivity index (χ3n) is 7.19. The molecule has 3 aromatic carbocycles. The zero-order valence-corrected chi connectivity index (χ0v) is 21.1. The number of ether oxygens (including phenoxy) is 2. The molecule has 0 radical (unpaired) electrons. The van der Waals surface area contributed by atoms with Gasteiger partial charge in [0.1, 0.15) is 23.9 Å². The summed E-state index contributed by atoms with van der Waals surface area (Å²) in [5.41, 5.74) is 4.64. The minimum absolute atomic E-state index is 0.0799. The molecule has 0 spiro atoms. The quantitative estimate of drug-likeness (QED) is 0.308. The number of methoxy groups -OCH3 is 1. The minimum Gasteiger partial charge on any atom is -0.497 e. The molecule has 3 aromatic rings. The average Bonchev–Trinajstić information content (AvgIpc) is 3.17. The Bertz CT molecular complexity index is 1180. The van der Waals surface area contributed by atoms with Gasteiger partial charge in [0.25, 0.3) is 0 Å². The van der Waals surface area contributed by atoms with Crippen LogP contribution in [0.3, 0.4) is 0 Å². The van der Waals surface area contributed by atoms with Crippen molar-refractivity contribution in [1.82, 2.24) is 0 Å². The lowest BCUT2D eigenvalue weighted by molar-refractivity contribution is -0.137. The molecular weight excluding hydrogens is 455 g/mol. The summed E-state index contributed by atoms with van der Waals surface area (Å²) < 4.78 is 26.4. The van der Waals surface area contributed by atoms with E-state index in [9.17, 15) is 9.18 Å². The van der Waals surface area contributed by atoms with Crippen molar-refractivity contribution in [3.05, 3.63) is 83.2 Å². The Kier molecular flexibility index (Phi) is 8.63. The maximum Gasteiger partial charge on any atom is 0.303 e. The summed E-state index contributed by atoms with van der Waals surface area (Å²) in [6, 6.07) is 18.7. The van der Waals surface area contributed by atoms with Crippen LogP contribution in [0.5, 0.6) is 11.5 Å². The monoisotopic (exact) mass is 490 g/mol. The topological polar surface area (TPSA) is 55.8 Å². The summed E-state index contributed by atoms with van der Waals surface area (Å²) in [7, 11) is 1.60. The predicted octanol–water partition coefficient (Wildman–Crippen LogP) is 8.10. The molecule has 0 saturated heterocycles. The average molecular weight is 491 g/mol. The molecule has 1 aliphatic rings. The van der Waals surface area contributed by atoms with Gasteiger partial charge in [0.15, 0.2) is 0 Å². The van der Waals surface area contributed by atoms with E-state index in [1.807, 2.05) is 43.3 Å². The van der Waals surface area contributed by atoms with E-state index in [1.165, 1.54) is 37.3 Å². The highest BCUT2D eigenvalue weighted by Gasteiger charge is 2.21. The molecular formula is C31H35FO4. The van der Waals surface area contributed by atoms with Crippen molar-refractivity contribution in [2.24, 2.45) is 0 Å². The number of halogens is 1. The van der Waals surface area contributed by atoms with Gasteiger partial charge in [0.05, 0.1) is 13.5 Å². The van der Waals surface area contributed by atoms with Crippen LogP contribution in [-0.2, 0) is 11.4 Å². The van der Waals surface area contributed by atoms with E-state index in [4.69, 9.17) is 14.6 Å². The number of carboxylic acid groups (broad SMARTS) is 1. The van der Waals surface area contributed by atoms with E-state index in [2.05, 4.69) is 6.07 Å². The first kappa shape index (κ1) is 25.7. The molecule has 4 nitrogen and oxygen atoms in total. The van der Waals surface area contributed by atoms with Crippen LogP contribution in [0.25, 0.3) is 11.1 Å². The summed E-state index contributed by atoms with van der Waals surface area (Å²) in [5, 5.41) is 9.11. The third-order valence-corrected chi connectivity index (χ3v) is 7.19. The van der Waals surface area contributed by atoms with Gasteiger partial charge in [-0.1, -0.05) is 62.9 Å². The van der Waals surface area contributed by atoms with Gasteiger partial charge >= 0.3 is 5.97 Å². The van der Waals surface area contributed by atoms with Crippen molar-refractivity contribution in [2.75, 3.05) is 7.11 Å². The van der Waals surface area contributed by atoms with Crippen LogP contribution in [0.15, 0.2) is 60.7 Å². The van der Waals surface area contributed by atoms with Gasteiger partial charge in [-0.25, -0.2) is 4.39 Å². The molecule has 36 heavy (non-hydrogen) atoms. The van der Waals surface area contributed by atoms with Crippen molar-refractivity contribution in [2.45, 2.75) is 70.3 Å². The Morgan fingerprint density at radius 3 is 2.47 bits per heavy atom. The molecule has 1 N–H and O–H groups in total. The number of aliphatic carboxylic acids is 1. The van der Waals surface area contributed by atoms with Crippen LogP contribution in [0.1, 0.15) is 80.4 Å². The van der Waals surface area contributed by atoms with Gasteiger partial charge < -0.3 is 14.6 Å². The number of rotatable bonds is 9. The van der Waals surface area contributed by atoms with E-state index >= 15 is 0 Å². The molecule has 0 bridgehead atoms. The summed E-state index contributed by atoms with van der Waals surface area (Å²) >= 11 is 0. The second kappa shape index (κ2) is 12.1. The summed E-state index contributed by atoms with van der Waals surface area (Å²) in [6.45, 7) is 2.29. The lowest BCUT2D eigenvalue weighted by atomic mass is 9.85. The molecule has 0 heterocycles. The molecule has 5 heteroatoms. The van der Waals surface area contributed by atoms with E-state index in [0.717, 1.165) is 29.5 Å². The highest BCUT2D eigenvalue weighted by Crippen LogP contribution is 2.40. The Balaban J connectivity index is 1.61. The SMILES string of the molecule is COc1ccc(F)c(-c2ccc(COc3cccc([C@@H](C)CC(=O)O)c3)cc2C2CCCCCC2)c1. The Morgan fingerprint density at radius 1 is 0.972 bits per heavy atom. The van der Waals surface area contributed by atoms with Gasteiger partial charge in [-0.2, -0.15) is 0 Å². The minimum atomic E-state index is -0.813. The molecule has 0 amide bonds. The van der Waals surface area contributed by atoms with Crippen LogP contribution in [0, 0.1) is 5.82 Å². The van der Waals surface area contributed by atoms with E-state index in [0.29, 0.717) is 29.6 Å². The van der Waals surface area contributed by atoms with Crippen molar-refractivity contribution < 1.29 is 23.8 Å². The zero-order valence-electron chi connectivity index (χ0n) is 21.1. The number of hydrogen-bond donors (Lipinski definition) is 1. The molecule has 4 rings (SSSR count). The maximum atomic E-state index is 15.0. The number of carbonyl (C=O) groups is 1. The molecule has 0 unspecified atom stereocenters. The second-order valence-corrected chi connectivity index (χ2v) is 9.82. The number of benzene rings is 3. The van der Waals surface area contributed by atoms with E-state index in [-0.39, 0.29) is 18.2 Å². The molecule has 1 fully saturated rings. The lowest BCUT2D eigenvalue weighted by Crippen LogP contribution is -2.05. The van der Waals surface area contributed by atoms with Crippen molar-refractivity contribution in [1.29, 1.82) is 0 Å². The molecule has 190 valence electrons. The molecule has 0 aromatic heterocycles. The highest BCUT2D eigenvalue weighted by molar-refractivity contribution is 5.71. The fraction of sp³-hybridized carbons (Fsp3) is 0.387. The van der Waals surface area contributed by atoms with Gasteiger partial charge in [-0.15, -0.1) is 0 Å². The van der Waals surface area contributed by atoms with Crippen LogP contribution in [-0.4, -0.2) is 18.2 Å². The smallest absolute Gasteiger partial charge is 0.303 e. The van der Waals surface area contributed by atoms with Gasteiger partial charge in [-0.3, -0.25) is 4.79 Å². The van der Waals surface area contributed by atoms with E-state index < -0.39 is 5.97 Å². The van der Waals surface area contributed by atoms with E-state index in [1.54, 1.807) is 19.2 Å². The van der Waals surface area contributed by atoms with Crippen LogP contribution >= 0.6 is 0 Å². The summed E-state index contributed by atoms with van der Waals surface area (Å²) in [6.07, 6.45) is 7.16. The second-order valence-electron chi connectivity index (χ2n) is 9.82. The first-order valence-electron chi connectivity index (χ1n) is 12.9. The summed E-state index contributed by atoms with van der Waals surface area (Å²) in [4.78, 5) is 11.1. The fourth-order valence-electron chi connectivity index (χ4n) is 5.17. The number of carboxylic acids is 1. The molecule has 0 aliphatic heterocycles. The standard InChI is InChI=1S/C31H35FO4/c1-21(16-31(33)34)24-10-7-11-26(18-24)36-20-22-12-14-27(29-19-25(35-2)13-15-30(29)32)28(17-22)23-8-5-3-4-6-9-23/h7,10-15,17-19,21,23H,3-6,8-9,16,20H2,1-2H3,(H,33,34)/t21-/m0/s1. The van der Waals surface area contributed by atoms with Crippen LogP contribution in [0.4, 0.5) is 4.39 Å². The normalized spacial score (nSPS) is 15.2. The zero-order chi connectivity index (χ0) is 25.5. The first-order valence-corrected chi connectivity index (χ1v) is 12.9. The van der Waals surface area contributed by atoms with Crippen molar-refractivity contribution >= 4 is 5.97 Å². The van der Waals surface area contributed by atoms with Crippen LogP contribution in [0.2, 0.25) is 0 Å². The Morgan fingerprint density at radius 2 is 1.75 bits per heavy atom. The van der Waals surface area contributed by atoms with Gasteiger partial charge in [0, 0.05) is 5.56 Å². The largest absolute Gasteiger partial charge is 0.497 e. The molecule has 1 atom stereocenters.